The Balaban J connectivity index is 1.57. The van der Waals surface area contributed by atoms with Gasteiger partial charge in [-0.05, 0) is 31.4 Å². The molecule has 0 saturated carbocycles. The number of hydrogen-bond donors (Lipinski definition) is 0. The van der Waals surface area contributed by atoms with Crippen molar-refractivity contribution in [3.05, 3.63) is 47.3 Å². The van der Waals surface area contributed by atoms with Gasteiger partial charge in [-0.15, -0.1) is 0 Å². The number of benzene rings is 1. The van der Waals surface area contributed by atoms with Gasteiger partial charge in [-0.1, -0.05) is 25.1 Å². The quantitative estimate of drug-likeness (QED) is 0.871. The lowest BCUT2D eigenvalue weighted by molar-refractivity contribution is -0.137. The fourth-order valence-electron chi connectivity index (χ4n) is 3.07. The van der Waals surface area contributed by atoms with Crippen molar-refractivity contribution in [3.8, 4) is 0 Å². The molecular formula is C17H21FN4O. The molecule has 1 aromatic carbocycles. The van der Waals surface area contributed by atoms with Crippen molar-refractivity contribution in [2.45, 2.75) is 39.2 Å². The molecule has 2 heterocycles. The average Bonchev–Trinajstić information content (AvgIpc) is 2.76. The minimum atomic E-state index is -0.247. The molecule has 3 rings (SSSR count). The topological polar surface area (TPSA) is 51.0 Å². The summed E-state index contributed by atoms with van der Waals surface area (Å²) in [5.74, 6) is 1.31. The highest BCUT2D eigenvalue weighted by atomic mass is 19.1. The van der Waals surface area contributed by atoms with Crippen LogP contribution in [0.2, 0.25) is 0 Å². The smallest absolute Gasteiger partial charge is 0.223 e. The van der Waals surface area contributed by atoms with Crippen molar-refractivity contribution < 1.29 is 9.18 Å². The number of nitrogens with zero attached hydrogens (tertiary/aromatic N) is 4. The predicted octanol–water partition coefficient (Wildman–Crippen LogP) is 2.61. The Bertz CT molecular complexity index is 721. The Hall–Kier alpha value is -2.24. The Morgan fingerprint density at radius 1 is 1.35 bits per heavy atom. The molecule has 1 aromatic heterocycles. The third kappa shape index (κ3) is 3.11. The molecule has 1 amide bonds. The van der Waals surface area contributed by atoms with Gasteiger partial charge in [0.25, 0.3) is 0 Å². The fraction of sp³-hybridized carbons (Fsp3) is 0.471. The van der Waals surface area contributed by atoms with Crippen LogP contribution in [-0.4, -0.2) is 38.7 Å². The van der Waals surface area contributed by atoms with Crippen LogP contribution in [0.4, 0.5) is 4.39 Å². The Kier molecular flexibility index (Phi) is 4.15. The summed E-state index contributed by atoms with van der Waals surface area (Å²) in [6, 6.07) is 6.84. The van der Waals surface area contributed by atoms with Crippen molar-refractivity contribution in [2.75, 3.05) is 13.1 Å². The first-order valence-corrected chi connectivity index (χ1v) is 7.87. The van der Waals surface area contributed by atoms with Crippen molar-refractivity contribution in [2.24, 2.45) is 0 Å². The second-order valence-corrected chi connectivity index (χ2v) is 6.23. The van der Waals surface area contributed by atoms with E-state index in [2.05, 4.69) is 10.1 Å². The molecule has 0 radical (unpaired) electrons. The number of halogens is 1. The van der Waals surface area contributed by atoms with Crippen LogP contribution in [-0.2, 0) is 4.79 Å². The van der Waals surface area contributed by atoms with Crippen molar-refractivity contribution in [3.63, 3.8) is 0 Å². The van der Waals surface area contributed by atoms with Gasteiger partial charge in [-0.3, -0.25) is 4.79 Å². The van der Waals surface area contributed by atoms with Crippen LogP contribution < -0.4 is 0 Å². The third-order valence-electron chi connectivity index (χ3n) is 4.39. The summed E-state index contributed by atoms with van der Waals surface area (Å²) in [6.07, 6.45) is 0.322. The van der Waals surface area contributed by atoms with Gasteiger partial charge in [0.2, 0.25) is 5.91 Å². The van der Waals surface area contributed by atoms with Gasteiger partial charge in [0.1, 0.15) is 17.5 Å². The Morgan fingerprint density at radius 3 is 2.65 bits per heavy atom. The number of aryl methyl sites for hydroxylation is 2. The van der Waals surface area contributed by atoms with E-state index in [4.69, 9.17) is 0 Å². The van der Waals surface area contributed by atoms with Crippen molar-refractivity contribution in [1.82, 2.24) is 19.7 Å². The average molecular weight is 316 g/mol. The van der Waals surface area contributed by atoms with Crippen LogP contribution in [0.5, 0.6) is 0 Å². The summed E-state index contributed by atoms with van der Waals surface area (Å²) in [5.41, 5.74) is 0.598. The summed E-state index contributed by atoms with van der Waals surface area (Å²) < 4.78 is 15.7. The van der Waals surface area contributed by atoms with Crippen molar-refractivity contribution in [1.29, 1.82) is 0 Å². The lowest BCUT2D eigenvalue weighted by atomic mass is 9.95. The molecule has 0 N–H and O–H groups in total. The van der Waals surface area contributed by atoms with Crippen LogP contribution in [0.15, 0.2) is 24.3 Å². The lowest BCUT2D eigenvalue weighted by Gasteiger charge is -2.40. The lowest BCUT2D eigenvalue weighted by Crippen LogP contribution is -2.51. The second kappa shape index (κ2) is 6.10. The summed E-state index contributed by atoms with van der Waals surface area (Å²) in [4.78, 5) is 18.4. The molecule has 122 valence electrons. The molecule has 1 unspecified atom stereocenters. The molecular weight excluding hydrogens is 295 g/mol. The maximum atomic E-state index is 13.8. The predicted molar refractivity (Wildman–Crippen MR) is 84.5 cm³/mol. The van der Waals surface area contributed by atoms with E-state index in [9.17, 15) is 9.18 Å². The van der Waals surface area contributed by atoms with Crippen LogP contribution in [0.1, 0.15) is 42.5 Å². The number of hydrogen-bond acceptors (Lipinski definition) is 3. The van der Waals surface area contributed by atoms with Gasteiger partial charge in [-0.2, -0.15) is 5.10 Å². The van der Waals surface area contributed by atoms with E-state index in [0.717, 1.165) is 11.6 Å². The molecule has 0 bridgehead atoms. The van der Waals surface area contributed by atoms with Gasteiger partial charge >= 0.3 is 0 Å². The Labute approximate surface area is 135 Å². The standard InChI is InChI=1S/C17H21FN4O/c1-11(15-6-4-5-7-16(15)18)8-17(23)21-9-14(10-21)22-13(3)19-12(2)20-22/h4-7,11,14H,8-10H2,1-3H3. The van der Waals surface area contributed by atoms with Crippen LogP contribution >= 0.6 is 0 Å². The first-order chi connectivity index (χ1) is 11.0. The summed E-state index contributed by atoms with van der Waals surface area (Å²) in [6.45, 7) is 6.96. The molecule has 1 aliphatic heterocycles. The van der Waals surface area contributed by atoms with Crippen LogP contribution in [0.3, 0.4) is 0 Å². The zero-order valence-corrected chi connectivity index (χ0v) is 13.7. The van der Waals surface area contributed by atoms with Gasteiger partial charge < -0.3 is 4.90 Å². The molecule has 5 nitrogen and oxygen atoms in total. The van der Waals surface area contributed by atoms with E-state index in [1.807, 2.05) is 25.5 Å². The molecule has 1 atom stereocenters. The van der Waals surface area contributed by atoms with Gasteiger partial charge in [0, 0.05) is 19.5 Å². The maximum absolute atomic E-state index is 13.8. The molecule has 1 saturated heterocycles. The summed E-state index contributed by atoms with van der Waals surface area (Å²) in [5, 5.41) is 4.36. The normalized spacial score (nSPS) is 16.3. The number of carbonyl (C=O) groups excluding carboxylic acids is 1. The maximum Gasteiger partial charge on any atom is 0.223 e. The van der Waals surface area contributed by atoms with Gasteiger partial charge in [0.15, 0.2) is 0 Å². The molecule has 2 aromatic rings. The van der Waals surface area contributed by atoms with E-state index in [-0.39, 0.29) is 23.7 Å². The summed E-state index contributed by atoms with van der Waals surface area (Å²) >= 11 is 0. The largest absolute Gasteiger partial charge is 0.338 e. The monoisotopic (exact) mass is 316 g/mol. The number of likely N-dealkylation sites (tertiary alicyclic amines) is 1. The van der Waals surface area contributed by atoms with Gasteiger partial charge in [-0.25, -0.2) is 14.1 Å². The highest BCUT2D eigenvalue weighted by Gasteiger charge is 2.34. The number of amides is 1. The van der Waals surface area contributed by atoms with E-state index >= 15 is 0 Å². The molecule has 23 heavy (non-hydrogen) atoms. The molecule has 0 spiro atoms. The molecule has 6 heteroatoms. The molecule has 0 aliphatic carbocycles. The molecule has 1 fully saturated rings. The minimum absolute atomic E-state index is 0.0616. The number of carbonyl (C=O) groups is 1. The zero-order chi connectivity index (χ0) is 16.6. The van der Waals surface area contributed by atoms with Gasteiger partial charge in [0.05, 0.1) is 6.04 Å². The zero-order valence-electron chi connectivity index (χ0n) is 13.7. The fourth-order valence-corrected chi connectivity index (χ4v) is 3.07. The Morgan fingerprint density at radius 2 is 2.04 bits per heavy atom. The van der Waals surface area contributed by atoms with Crippen LogP contribution in [0, 0.1) is 19.7 Å². The van der Waals surface area contributed by atoms with Crippen LogP contribution in [0.25, 0.3) is 0 Å². The summed E-state index contributed by atoms with van der Waals surface area (Å²) in [7, 11) is 0. The highest BCUT2D eigenvalue weighted by molar-refractivity contribution is 5.78. The van der Waals surface area contributed by atoms with E-state index < -0.39 is 0 Å². The molecule has 1 aliphatic rings. The van der Waals surface area contributed by atoms with E-state index in [1.165, 1.54) is 6.07 Å². The van der Waals surface area contributed by atoms with E-state index in [1.54, 1.807) is 23.1 Å². The third-order valence-corrected chi connectivity index (χ3v) is 4.39. The minimum Gasteiger partial charge on any atom is -0.338 e. The van der Waals surface area contributed by atoms with Crippen molar-refractivity contribution >= 4 is 5.91 Å². The SMILES string of the molecule is Cc1nc(C)n(C2CN(C(=O)CC(C)c3ccccc3F)C2)n1. The second-order valence-electron chi connectivity index (χ2n) is 6.23. The number of aromatic nitrogens is 3. The van der Waals surface area contributed by atoms with E-state index in [0.29, 0.717) is 25.1 Å². The number of rotatable bonds is 4. The first kappa shape index (κ1) is 15.6. The first-order valence-electron chi connectivity index (χ1n) is 7.87. The highest BCUT2D eigenvalue weighted by Crippen LogP contribution is 2.27.